The van der Waals surface area contributed by atoms with Crippen LogP contribution in [-0.4, -0.2) is 26.7 Å². The average molecular weight is 204 g/mol. The van der Waals surface area contributed by atoms with Gasteiger partial charge in [0.2, 0.25) is 0 Å². The summed E-state index contributed by atoms with van der Waals surface area (Å²) in [6.07, 6.45) is 1.67. The van der Waals surface area contributed by atoms with Crippen molar-refractivity contribution in [1.82, 2.24) is 14.4 Å². The number of carbonyl (C=O) groups excluding carboxylic acids is 1. The minimum absolute atomic E-state index is 0.0167. The highest BCUT2D eigenvalue weighted by atomic mass is 16.1. The third-order valence-corrected chi connectivity index (χ3v) is 2.34. The van der Waals surface area contributed by atoms with E-state index >= 15 is 0 Å². The first-order chi connectivity index (χ1) is 7.13. The Labute approximate surface area is 87.0 Å². The number of ketones is 1. The fraction of sp³-hybridized carbons (Fsp3) is 0.300. The van der Waals surface area contributed by atoms with Crippen molar-refractivity contribution in [1.29, 1.82) is 0 Å². The minimum Gasteiger partial charge on any atom is -0.324 e. The lowest BCUT2D eigenvalue weighted by Gasteiger charge is -1.96. The highest BCUT2D eigenvalue weighted by molar-refractivity contribution is 5.97. The molecule has 5 heteroatoms. The number of Topliss-reactive ketones (excluding diaryl/α,β-unsaturated/α-hetero) is 1. The molecule has 2 aromatic rings. The van der Waals surface area contributed by atoms with E-state index < -0.39 is 0 Å². The Morgan fingerprint density at radius 2 is 2.27 bits per heavy atom. The zero-order valence-corrected chi connectivity index (χ0v) is 8.69. The molecule has 0 fully saturated rings. The summed E-state index contributed by atoms with van der Waals surface area (Å²) in [7, 11) is 0. The van der Waals surface area contributed by atoms with E-state index in [1.165, 1.54) is 0 Å². The molecule has 0 saturated heterocycles. The van der Waals surface area contributed by atoms with Crippen LogP contribution in [0.2, 0.25) is 0 Å². The maximum atomic E-state index is 11.5. The van der Waals surface area contributed by atoms with Crippen LogP contribution in [0, 0.1) is 13.8 Å². The van der Waals surface area contributed by atoms with Gasteiger partial charge in [0.25, 0.3) is 0 Å². The normalized spacial score (nSPS) is 10.9. The Hall–Kier alpha value is -1.75. The number of hydrogen-bond donors (Lipinski definition) is 1. The molecule has 78 valence electrons. The van der Waals surface area contributed by atoms with Crippen LogP contribution in [0.4, 0.5) is 0 Å². The summed E-state index contributed by atoms with van der Waals surface area (Å²) in [5.41, 5.74) is 8.14. The van der Waals surface area contributed by atoms with Gasteiger partial charge in [0.1, 0.15) is 17.7 Å². The second-order valence-corrected chi connectivity index (χ2v) is 3.43. The number of aromatic nitrogens is 3. The maximum Gasteiger partial charge on any atom is 0.196 e. The number of rotatable bonds is 2. The molecule has 15 heavy (non-hydrogen) atoms. The van der Waals surface area contributed by atoms with Gasteiger partial charge in [-0.2, -0.15) is 0 Å². The summed E-state index contributed by atoms with van der Waals surface area (Å²) < 4.78 is 1.79. The predicted molar refractivity (Wildman–Crippen MR) is 55.8 cm³/mol. The first-order valence-electron chi connectivity index (χ1n) is 4.68. The number of hydrogen-bond acceptors (Lipinski definition) is 4. The molecule has 0 amide bonds. The van der Waals surface area contributed by atoms with Crippen molar-refractivity contribution in [2.75, 3.05) is 6.54 Å². The van der Waals surface area contributed by atoms with Crippen molar-refractivity contribution < 1.29 is 4.79 Å². The molecule has 0 aliphatic rings. The van der Waals surface area contributed by atoms with E-state index in [0.29, 0.717) is 5.69 Å². The van der Waals surface area contributed by atoms with E-state index in [1.54, 1.807) is 10.7 Å². The highest BCUT2D eigenvalue weighted by Crippen LogP contribution is 2.11. The molecule has 0 aliphatic heterocycles. The van der Waals surface area contributed by atoms with E-state index in [-0.39, 0.29) is 12.3 Å². The third kappa shape index (κ3) is 1.50. The Kier molecular flexibility index (Phi) is 2.24. The second kappa shape index (κ2) is 3.43. The molecule has 2 N–H and O–H groups in total. The van der Waals surface area contributed by atoms with E-state index in [9.17, 15) is 4.79 Å². The summed E-state index contributed by atoms with van der Waals surface area (Å²) in [5.74, 6) is -0.145. The van der Waals surface area contributed by atoms with Crippen LogP contribution < -0.4 is 5.73 Å². The number of carbonyl (C=O) groups is 1. The molecule has 0 aliphatic carbocycles. The van der Waals surface area contributed by atoms with E-state index in [4.69, 9.17) is 5.73 Å². The van der Waals surface area contributed by atoms with Crippen molar-refractivity contribution in [2.45, 2.75) is 13.8 Å². The summed E-state index contributed by atoms with van der Waals surface area (Å²) in [5, 5.41) is 0. The molecule has 2 rings (SSSR count). The standard InChI is InChI=1S/C10H12N4O/c1-6-3-9-13-10(8(15)4-11)7(2)14(9)5-12-6/h3,5H,4,11H2,1-2H3. The molecule has 2 heterocycles. The van der Waals surface area contributed by atoms with Gasteiger partial charge in [-0.05, 0) is 13.8 Å². The molecule has 0 unspecified atom stereocenters. The van der Waals surface area contributed by atoms with Crippen LogP contribution in [0.25, 0.3) is 5.65 Å². The molecular weight excluding hydrogens is 192 g/mol. The number of fused-ring (bicyclic) bond motifs is 1. The lowest BCUT2D eigenvalue weighted by atomic mass is 10.2. The number of nitrogens with zero attached hydrogens (tertiary/aromatic N) is 3. The van der Waals surface area contributed by atoms with Crippen LogP contribution in [0.3, 0.4) is 0 Å². The lowest BCUT2D eigenvalue weighted by Crippen LogP contribution is -2.15. The van der Waals surface area contributed by atoms with Crippen LogP contribution in [0.15, 0.2) is 12.4 Å². The summed E-state index contributed by atoms with van der Waals surface area (Å²) in [6.45, 7) is 3.70. The van der Waals surface area contributed by atoms with Crippen LogP contribution in [0.1, 0.15) is 21.9 Å². The average Bonchev–Trinajstić information content (AvgIpc) is 2.54. The van der Waals surface area contributed by atoms with Crippen molar-refractivity contribution in [3.8, 4) is 0 Å². The maximum absolute atomic E-state index is 11.5. The fourth-order valence-corrected chi connectivity index (χ4v) is 1.52. The Balaban J connectivity index is 2.69. The number of imidazole rings is 1. The van der Waals surface area contributed by atoms with Gasteiger partial charge in [-0.15, -0.1) is 0 Å². The quantitative estimate of drug-likeness (QED) is 0.722. The zero-order valence-electron chi connectivity index (χ0n) is 8.69. The van der Waals surface area contributed by atoms with Crippen molar-refractivity contribution in [3.63, 3.8) is 0 Å². The fourth-order valence-electron chi connectivity index (χ4n) is 1.52. The topological polar surface area (TPSA) is 73.3 Å². The lowest BCUT2D eigenvalue weighted by molar-refractivity contribution is 0.0996. The molecule has 0 atom stereocenters. The SMILES string of the molecule is Cc1cc2nc(C(=O)CN)c(C)n2cn1. The van der Waals surface area contributed by atoms with Crippen LogP contribution in [-0.2, 0) is 0 Å². The van der Waals surface area contributed by atoms with Gasteiger partial charge in [0.15, 0.2) is 5.78 Å². The van der Waals surface area contributed by atoms with Gasteiger partial charge >= 0.3 is 0 Å². The van der Waals surface area contributed by atoms with Crippen LogP contribution >= 0.6 is 0 Å². The largest absolute Gasteiger partial charge is 0.324 e. The van der Waals surface area contributed by atoms with Gasteiger partial charge in [0, 0.05) is 11.8 Å². The third-order valence-electron chi connectivity index (χ3n) is 2.34. The zero-order chi connectivity index (χ0) is 11.0. The Morgan fingerprint density at radius 1 is 1.53 bits per heavy atom. The van der Waals surface area contributed by atoms with Gasteiger partial charge < -0.3 is 5.73 Å². The van der Waals surface area contributed by atoms with Crippen molar-refractivity contribution in [2.24, 2.45) is 5.73 Å². The summed E-state index contributed by atoms with van der Waals surface area (Å²) in [6, 6.07) is 1.83. The summed E-state index contributed by atoms with van der Waals surface area (Å²) in [4.78, 5) is 19.9. The first kappa shape index (κ1) is 9.79. The summed E-state index contributed by atoms with van der Waals surface area (Å²) >= 11 is 0. The minimum atomic E-state index is -0.145. The predicted octanol–water partition coefficient (Wildman–Crippen LogP) is 0.488. The molecule has 0 radical (unpaired) electrons. The van der Waals surface area contributed by atoms with Gasteiger partial charge in [-0.3, -0.25) is 9.20 Å². The second-order valence-electron chi connectivity index (χ2n) is 3.43. The van der Waals surface area contributed by atoms with Crippen molar-refractivity contribution >= 4 is 11.4 Å². The molecule has 0 saturated carbocycles. The molecule has 0 aromatic carbocycles. The smallest absolute Gasteiger partial charge is 0.196 e. The highest BCUT2D eigenvalue weighted by Gasteiger charge is 2.14. The monoisotopic (exact) mass is 204 g/mol. The molecule has 2 aromatic heterocycles. The Morgan fingerprint density at radius 3 is 2.93 bits per heavy atom. The van der Waals surface area contributed by atoms with Crippen molar-refractivity contribution in [3.05, 3.63) is 29.5 Å². The van der Waals surface area contributed by atoms with Gasteiger partial charge in [0.05, 0.1) is 12.2 Å². The van der Waals surface area contributed by atoms with E-state index in [0.717, 1.165) is 17.0 Å². The molecule has 0 bridgehead atoms. The molecular formula is C10H12N4O. The number of aryl methyl sites for hydroxylation is 2. The number of nitrogens with two attached hydrogens (primary N) is 1. The Bertz CT molecular complexity index is 529. The van der Waals surface area contributed by atoms with E-state index in [2.05, 4.69) is 9.97 Å². The first-order valence-corrected chi connectivity index (χ1v) is 4.68. The van der Waals surface area contributed by atoms with E-state index in [1.807, 2.05) is 19.9 Å². The molecule has 5 nitrogen and oxygen atoms in total. The van der Waals surface area contributed by atoms with Gasteiger partial charge in [-0.1, -0.05) is 0 Å². The van der Waals surface area contributed by atoms with Crippen LogP contribution in [0.5, 0.6) is 0 Å². The molecule has 0 spiro atoms. The van der Waals surface area contributed by atoms with Gasteiger partial charge in [-0.25, -0.2) is 9.97 Å².